The summed E-state index contributed by atoms with van der Waals surface area (Å²) in [7, 11) is 3.39. The summed E-state index contributed by atoms with van der Waals surface area (Å²) in [4.78, 5) is 2.52. The first-order valence-corrected chi connectivity index (χ1v) is 8.13. The standard InChI is InChI=1S/C16H24BrNO2/c1-16(2,10-17)11-18-6-5-12-7-14(19-3)15(20-4)8-13(12)9-18/h7-8H,5-6,9-11H2,1-4H3. The molecule has 0 amide bonds. The Kier molecular flexibility index (Phi) is 4.97. The number of fused-ring (bicyclic) bond motifs is 1. The second-order valence-corrected chi connectivity index (χ2v) is 6.80. The largest absolute Gasteiger partial charge is 0.493 e. The van der Waals surface area contributed by atoms with E-state index in [0.717, 1.165) is 42.9 Å². The van der Waals surface area contributed by atoms with E-state index in [2.05, 4.69) is 46.8 Å². The molecular weight excluding hydrogens is 318 g/mol. The lowest BCUT2D eigenvalue weighted by molar-refractivity contribution is 0.180. The normalized spacial score (nSPS) is 15.8. The maximum absolute atomic E-state index is 5.41. The third-order valence-corrected chi connectivity index (χ3v) is 5.33. The van der Waals surface area contributed by atoms with E-state index in [9.17, 15) is 0 Å². The molecule has 1 aliphatic heterocycles. The predicted octanol–water partition coefficient (Wildman–Crippen LogP) is 3.48. The van der Waals surface area contributed by atoms with Crippen LogP contribution < -0.4 is 9.47 Å². The maximum atomic E-state index is 5.41. The fourth-order valence-corrected chi connectivity index (χ4v) is 2.90. The Labute approximate surface area is 130 Å². The Morgan fingerprint density at radius 1 is 1.15 bits per heavy atom. The number of halogens is 1. The van der Waals surface area contributed by atoms with Gasteiger partial charge in [0.15, 0.2) is 11.5 Å². The van der Waals surface area contributed by atoms with E-state index >= 15 is 0 Å². The first-order chi connectivity index (χ1) is 9.49. The van der Waals surface area contributed by atoms with Gasteiger partial charge in [-0.25, -0.2) is 0 Å². The number of rotatable bonds is 5. The van der Waals surface area contributed by atoms with Crippen LogP contribution in [0.1, 0.15) is 25.0 Å². The summed E-state index contributed by atoms with van der Waals surface area (Å²) in [5.74, 6) is 1.66. The number of hydrogen-bond acceptors (Lipinski definition) is 3. The van der Waals surface area contributed by atoms with E-state index in [1.54, 1.807) is 14.2 Å². The second kappa shape index (κ2) is 6.35. The molecule has 0 aliphatic carbocycles. The number of ether oxygens (including phenoxy) is 2. The highest BCUT2D eigenvalue weighted by molar-refractivity contribution is 9.09. The molecule has 0 bridgehead atoms. The predicted molar refractivity (Wildman–Crippen MR) is 86.1 cm³/mol. The summed E-state index contributed by atoms with van der Waals surface area (Å²) >= 11 is 3.61. The van der Waals surface area contributed by atoms with Crippen LogP contribution in [0.4, 0.5) is 0 Å². The van der Waals surface area contributed by atoms with Crippen molar-refractivity contribution in [2.45, 2.75) is 26.8 Å². The molecule has 0 unspecified atom stereocenters. The van der Waals surface area contributed by atoms with Crippen molar-refractivity contribution in [3.05, 3.63) is 23.3 Å². The molecule has 0 fully saturated rings. The lowest BCUT2D eigenvalue weighted by Crippen LogP contribution is -2.38. The van der Waals surface area contributed by atoms with Crippen molar-refractivity contribution in [1.82, 2.24) is 4.90 Å². The smallest absolute Gasteiger partial charge is 0.161 e. The van der Waals surface area contributed by atoms with Gasteiger partial charge >= 0.3 is 0 Å². The molecule has 3 nitrogen and oxygen atoms in total. The highest BCUT2D eigenvalue weighted by atomic mass is 79.9. The molecule has 4 heteroatoms. The van der Waals surface area contributed by atoms with E-state index in [4.69, 9.17) is 9.47 Å². The van der Waals surface area contributed by atoms with Crippen molar-refractivity contribution in [1.29, 1.82) is 0 Å². The molecule has 20 heavy (non-hydrogen) atoms. The fourth-order valence-electron chi connectivity index (χ4n) is 2.72. The van der Waals surface area contributed by atoms with Gasteiger partial charge in [0.2, 0.25) is 0 Å². The average Bonchev–Trinajstić information content (AvgIpc) is 2.45. The molecule has 1 aromatic rings. The van der Waals surface area contributed by atoms with Crippen LogP contribution in [0.2, 0.25) is 0 Å². The lowest BCUT2D eigenvalue weighted by atomic mass is 9.93. The molecule has 0 saturated carbocycles. The van der Waals surface area contributed by atoms with Crippen molar-refractivity contribution >= 4 is 15.9 Å². The number of methoxy groups -OCH3 is 2. The van der Waals surface area contributed by atoms with Gasteiger partial charge in [0.25, 0.3) is 0 Å². The SMILES string of the molecule is COc1cc2c(cc1OC)CN(CC(C)(C)CBr)CC2. The van der Waals surface area contributed by atoms with E-state index in [0.29, 0.717) is 5.41 Å². The summed E-state index contributed by atoms with van der Waals surface area (Å²) in [5.41, 5.74) is 3.04. The minimum atomic E-state index is 0.300. The van der Waals surface area contributed by atoms with Crippen LogP contribution in [0, 0.1) is 5.41 Å². The molecule has 0 aromatic heterocycles. The molecule has 0 radical (unpaired) electrons. The van der Waals surface area contributed by atoms with Crippen molar-refractivity contribution < 1.29 is 9.47 Å². The van der Waals surface area contributed by atoms with E-state index in [1.165, 1.54) is 11.1 Å². The van der Waals surface area contributed by atoms with E-state index in [1.807, 2.05) is 0 Å². The Hall–Kier alpha value is -0.740. The van der Waals surface area contributed by atoms with E-state index < -0.39 is 0 Å². The zero-order valence-electron chi connectivity index (χ0n) is 12.8. The van der Waals surface area contributed by atoms with Gasteiger partial charge in [0.05, 0.1) is 14.2 Å². The van der Waals surface area contributed by atoms with Crippen LogP contribution in [-0.4, -0.2) is 37.5 Å². The summed E-state index contributed by atoms with van der Waals surface area (Å²) in [6.45, 7) is 7.80. The number of benzene rings is 1. The minimum absolute atomic E-state index is 0.300. The first-order valence-electron chi connectivity index (χ1n) is 7.01. The van der Waals surface area contributed by atoms with Crippen LogP contribution in [0.25, 0.3) is 0 Å². The molecule has 112 valence electrons. The van der Waals surface area contributed by atoms with Gasteiger partial charge < -0.3 is 9.47 Å². The maximum Gasteiger partial charge on any atom is 0.161 e. The van der Waals surface area contributed by atoms with Crippen molar-refractivity contribution in [3.8, 4) is 11.5 Å². The minimum Gasteiger partial charge on any atom is -0.493 e. The Bertz CT molecular complexity index is 474. The van der Waals surface area contributed by atoms with Gasteiger partial charge in [0.1, 0.15) is 0 Å². The number of alkyl halides is 1. The van der Waals surface area contributed by atoms with Gasteiger partial charge in [0, 0.05) is 25.0 Å². The molecule has 2 rings (SSSR count). The molecular formula is C16H24BrNO2. The average molecular weight is 342 g/mol. The molecule has 0 saturated heterocycles. The van der Waals surface area contributed by atoms with Crippen molar-refractivity contribution in [2.24, 2.45) is 5.41 Å². The third-order valence-electron chi connectivity index (χ3n) is 3.81. The monoisotopic (exact) mass is 341 g/mol. The molecule has 1 aromatic carbocycles. The van der Waals surface area contributed by atoms with Gasteiger partial charge in [-0.1, -0.05) is 29.8 Å². The van der Waals surface area contributed by atoms with Gasteiger partial charge in [-0.2, -0.15) is 0 Å². The van der Waals surface area contributed by atoms with Gasteiger partial charge in [-0.3, -0.25) is 4.90 Å². The zero-order valence-corrected chi connectivity index (χ0v) is 14.4. The third kappa shape index (κ3) is 3.47. The lowest BCUT2D eigenvalue weighted by Gasteiger charge is -2.35. The summed E-state index contributed by atoms with van der Waals surface area (Å²) in [6.07, 6.45) is 1.08. The molecule has 1 heterocycles. The Morgan fingerprint density at radius 3 is 2.30 bits per heavy atom. The van der Waals surface area contributed by atoms with Crippen LogP contribution in [0.3, 0.4) is 0 Å². The summed E-state index contributed by atoms with van der Waals surface area (Å²) in [6, 6.07) is 4.25. The second-order valence-electron chi connectivity index (χ2n) is 6.23. The summed E-state index contributed by atoms with van der Waals surface area (Å²) in [5, 5.41) is 1.02. The fraction of sp³-hybridized carbons (Fsp3) is 0.625. The van der Waals surface area contributed by atoms with Crippen LogP contribution in [-0.2, 0) is 13.0 Å². The molecule has 1 aliphatic rings. The topological polar surface area (TPSA) is 21.7 Å². The Morgan fingerprint density at radius 2 is 1.75 bits per heavy atom. The van der Waals surface area contributed by atoms with Crippen molar-refractivity contribution in [2.75, 3.05) is 32.6 Å². The number of hydrogen-bond donors (Lipinski definition) is 0. The number of nitrogens with zero attached hydrogens (tertiary/aromatic N) is 1. The quantitative estimate of drug-likeness (QED) is 0.765. The highest BCUT2D eigenvalue weighted by Gasteiger charge is 2.25. The highest BCUT2D eigenvalue weighted by Crippen LogP contribution is 2.34. The summed E-state index contributed by atoms with van der Waals surface area (Å²) < 4.78 is 10.8. The van der Waals surface area contributed by atoms with Gasteiger partial charge in [-0.15, -0.1) is 0 Å². The Balaban J connectivity index is 2.17. The van der Waals surface area contributed by atoms with Crippen LogP contribution in [0.5, 0.6) is 11.5 Å². The van der Waals surface area contributed by atoms with Gasteiger partial charge in [-0.05, 0) is 35.1 Å². The van der Waals surface area contributed by atoms with Crippen LogP contribution in [0.15, 0.2) is 12.1 Å². The first kappa shape index (κ1) is 15.6. The molecule has 0 N–H and O–H groups in total. The van der Waals surface area contributed by atoms with Crippen molar-refractivity contribution in [3.63, 3.8) is 0 Å². The molecule has 0 atom stereocenters. The van der Waals surface area contributed by atoms with E-state index in [-0.39, 0.29) is 0 Å². The van der Waals surface area contributed by atoms with Crippen LogP contribution >= 0.6 is 15.9 Å². The zero-order chi connectivity index (χ0) is 14.8. The molecule has 0 spiro atoms.